The van der Waals surface area contributed by atoms with Gasteiger partial charge in [-0.3, -0.25) is 14.5 Å². The third kappa shape index (κ3) is 5.55. The number of carbonyl (C=O) groups excluding carboxylic acids is 3. The first kappa shape index (κ1) is 28.4. The summed E-state index contributed by atoms with van der Waals surface area (Å²) >= 11 is 0. The quantitative estimate of drug-likeness (QED) is 0.306. The van der Waals surface area contributed by atoms with Crippen molar-refractivity contribution in [3.05, 3.63) is 143 Å². The summed E-state index contributed by atoms with van der Waals surface area (Å²) in [4.78, 5) is 47.1. The Morgan fingerprint density at radius 2 is 1.53 bits per heavy atom. The van der Waals surface area contributed by atoms with Gasteiger partial charge in [-0.25, -0.2) is 4.79 Å². The lowest BCUT2D eigenvalue weighted by atomic mass is 9.95. The molecule has 7 rings (SSSR count). The van der Waals surface area contributed by atoms with Crippen LogP contribution in [-0.4, -0.2) is 58.7 Å². The van der Waals surface area contributed by atoms with Crippen molar-refractivity contribution in [2.75, 3.05) is 20.1 Å². The summed E-state index contributed by atoms with van der Waals surface area (Å²) in [5.74, 6) is 0.952. The van der Waals surface area contributed by atoms with Crippen molar-refractivity contribution < 1.29 is 19.1 Å². The Morgan fingerprint density at radius 3 is 2.31 bits per heavy atom. The van der Waals surface area contributed by atoms with E-state index in [1.54, 1.807) is 11.9 Å². The summed E-state index contributed by atoms with van der Waals surface area (Å²) in [6, 6.07) is 33.2. The Hall–Kier alpha value is -5.37. The highest BCUT2D eigenvalue weighted by Crippen LogP contribution is 2.38. The number of likely N-dealkylation sites (N-methyl/N-ethyl adjacent to an activating group) is 1. The fraction of sp³-hybridized carbons (Fsp3) is 0.216. The molecule has 4 aromatic carbocycles. The van der Waals surface area contributed by atoms with Gasteiger partial charge in [0.1, 0.15) is 17.5 Å². The molecular weight excluding hydrogens is 564 g/mol. The van der Waals surface area contributed by atoms with Gasteiger partial charge in [-0.2, -0.15) is 0 Å². The molecule has 3 heterocycles. The molecule has 3 aliphatic rings. The van der Waals surface area contributed by atoms with Gasteiger partial charge in [0.25, 0.3) is 5.91 Å². The number of para-hydroxylation sites is 1. The van der Waals surface area contributed by atoms with E-state index in [-0.39, 0.29) is 24.4 Å². The van der Waals surface area contributed by atoms with Crippen LogP contribution >= 0.6 is 0 Å². The SMILES string of the molecule is CN1C(=O)N[C@H](c2cccc(Oc3ccccc3)c2)C2=C1CN([C@H](Cc1ccccc1)C(=O)N1CCc3ccccc3C1)C2=O. The normalized spacial score (nSPS) is 18.3. The zero-order chi connectivity index (χ0) is 30.9. The van der Waals surface area contributed by atoms with Crippen LogP contribution in [0.5, 0.6) is 11.5 Å². The maximum Gasteiger partial charge on any atom is 0.322 e. The van der Waals surface area contributed by atoms with Gasteiger partial charge in [0.05, 0.1) is 23.9 Å². The smallest absolute Gasteiger partial charge is 0.322 e. The van der Waals surface area contributed by atoms with Crippen molar-refractivity contribution in [3.63, 3.8) is 0 Å². The van der Waals surface area contributed by atoms with Gasteiger partial charge >= 0.3 is 6.03 Å². The van der Waals surface area contributed by atoms with Crippen LogP contribution in [-0.2, 0) is 29.0 Å². The molecule has 0 aromatic heterocycles. The van der Waals surface area contributed by atoms with Crippen LogP contribution in [0.25, 0.3) is 0 Å². The van der Waals surface area contributed by atoms with Crippen LogP contribution in [0, 0.1) is 0 Å². The van der Waals surface area contributed by atoms with E-state index in [0.717, 1.165) is 23.1 Å². The van der Waals surface area contributed by atoms with Crippen LogP contribution in [0.2, 0.25) is 0 Å². The van der Waals surface area contributed by atoms with Crippen molar-refractivity contribution in [1.82, 2.24) is 20.0 Å². The van der Waals surface area contributed by atoms with Gasteiger partial charge in [-0.1, -0.05) is 84.9 Å². The Morgan fingerprint density at radius 1 is 0.844 bits per heavy atom. The average molecular weight is 599 g/mol. The number of hydrogen-bond acceptors (Lipinski definition) is 4. The van der Waals surface area contributed by atoms with E-state index in [1.807, 2.05) is 102 Å². The first-order chi connectivity index (χ1) is 22.0. The number of rotatable bonds is 7. The Bertz CT molecular complexity index is 1790. The number of ether oxygens (including phenoxy) is 1. The molecule has 4 amide bonds. The van der Waals surface area contributed by atoms with Gasteiger partial charge in [0, 0.05) is 26.6 Å². The van der Waals surface area contributed by atoms with Gasteiger partial charge in [0.2, 0.25) is 5.91 Å². The number of nitrogens with zero attached hydrogens (tertiary/aromatic N) is 3. The average Bonchev–Trinajstić information content (AvgIpc) is 3.42. The molecule has 0 saturated heterocycles. The number of amides is 4. The summed E-state index contributed by atoms with van der Waals surface area (Å²) in [5, 5.41) is 3.02. The van der Waals surface area contributed by atoms with E-state index >= 15 is 0 Å². The van der Waals surface area contributed by atoms with E-state index in [0.29, 0.717) is 42.3 Å². The van der Waals surface area contributed by atoms with Crippen LogP contribution in [0.15, 0.2) is 120 Å². The minimum Gasteiger partial charge on any atom is -0.457 e. The van der Waals surface area contributed by atoms with Crippen LogP contribution in [0.1, 0.15) is 28.3 Å². The molecule has 0 aliphatic carbocycles. The first-order valence-corrected chi connectivity index (χ1v) is 15.3. The second-order valence-corrected chi connectivity index (χ2v) is 11.7. The highest BCUT2D eigenvalue weighted by atomic mass is 16.5. The number of nitrogens with one attached hydrogen (secondary N) is 1. The molecule has 8 heteroatoms. The molecule has 8 nitrogen and oxygen atoms in total. The standard InChI is InChI=1S/C37H34N4O4/c1-39-32-24-41(31(21-25-11-4-2-5-12-25)35(42)40-20-19-26-13-8-9-14-28(26)23-40)36(43)33(32)34(38-37(39)44)27-15-10-18-30(22-27)45-29-16-6-3-7-17-29/h2-18,22,31,34H,19-21,23-24H2,1H3,(H,38,44)/t31-,34-/m1/s1. The number of carbonyl (C=O) groups is 3. The van der Waals surface area contributed by atoms with Crippen LogP contribution < -0.4 is 10.1 Å². The van der Waals surface area contributed by atoms with Gasteiger partial charge in [-0.15, -0.1) is 0 Å². The number of fused-ring (bicyclic) bond motifs is 1. The Kier molecular flexibility index (Phi) is 7.55. The van der Waals surface area contributed by atoms with Crippen LogP contribution in [0.3, 0.4) is 0 Å². The van der Waals surface area contributed by atoms with Crippen molar-refractivity contribution in [2.45, 2.75) is 31.5 Å². The Labute approximate surface area is 262 Å². The van der Waals surface area contributed by atoms with E-state index < -0.39 is 12.1 Å². The fourth-order valence-electron chi connectivity index (χ4n) is 6.54. The first-order valence-electron chi connectivity index (χ1n) is 15.3. The zero-order valence-electron chi connectivity index (χ0n) is 25.1. The summed E-state index contributed by atoms with van der Waals surface area (Å²) < 4.78 is 6.06. The molecule has 0 radical (unpaired) electrons. The molecule has 0 unspecified atom stereocenters. The molecule has 0 fully saturated rings. The molecule has 1 N–H and O–H groups in total. The summed E-state index contributed by atoms with van der Waals surface area (Å²) in [6.07, 6.45) is 1.15. The zero-order valence-corrected chi connectivity index (χ0v) is 25.1. The fourth-order valence-corrected chi connectivity index (χ4v) is 6.54. The van der Waals surface area contributed by atoms with E-state index in [1.165, 1.54) is 10.5 Å². The Balaban J connectivity index is 1.20. The lowest BCUT2D eigenvalue weighted by Crippen LogP contribution is -2.52. The van der Waals surface area contributed by atoms with E-state index in [2.05, 4.69) is 17.4 Å². The number of benzene rings is 4. The third-order valence-electron chi connectivity index (χ3n) is 8.93. The lowest BCUT2D eigenvalue weighted by Gasteiger charge is -2.35. The second-order valence-electron chi connectivity index (χ2n) is 11.7. The predicted molar refractivity (Wildman–Crippen MR) is 170 cm³/mol. The molecule has 4 aromatic rings. The molecule has 3 aliphatic heterocycles. The van der Waals surface area contributed by atoms with E-state index in [9.17, 15) is 14.4 Å². The van der Waals surface area contributed by atoms with Crippen molar-refractivity contribution in [2.24, 2.45) is 0 Å². The maximum absolute atomic E-state index is 14.5. The van der Waals surface area contributed by atoms with Gasteiger partial charge < -0.3 is 19.9 Å². The monoisotopic (exact) mass is 598 g/mol. The molecule has 226 valence electrons. The molecule has 45 heavy (non-hydrogen) atoms. The second kappa shape index (κ2) is 12.0. The topological polar surface area (TPSA) is 82.2 Å². The minimum atomic E-state index is -0.729. The summed E-state index contributed by atoms with van der Waals surface area (Å²) in [5.41, 5.74) is 5.17. The van der Waals surface area contributed by atoms with Gasteiger partial charge in [-0.05, 0) is 52.9 Å². The molecule has 0 spiro atoms. The number of hydrogen-bond donors (Lipinski definition) is 1. The van der Waals surface area contributed by atoms with E-state index in [4.69, 9.17) is 4.74 Å². The van der Waals surface area contributed by atoms with Crippen molar-refractivity contribution >= 4 is 17.8 Å². The number of urea groups is 1. The lowest BCUT2D eigenvalue weighted by molar-refractivity contribution is -0.143. The highest BCUT2D eigenvalue weighted by molar-refractivity contribution is 6.03. The molecule has 0 bridgehead atoms. The molecular formula is C37H34N4O4. The molecule has 2 atom stereocenters. The van der Waals surface area contributed by atoms with Crippen LogP contribution in [0.4, 0.5) is 4.79 Å². The van der Waals surface area contributed by atoms with Crippen molar-refractivity contribution in [3.8, 4) is 11.5 Å². The highest BCUT2D eigenvalue weighted by Gasteiger charge is 2.47. The largest absolute Gasteiger partial charge is 0.457 e. The summed E-state index contributed by atoms with van der Waals surface area (Å²) in [6.45, 7) is 1.27. The van der Waals surface area contributed by atoms with Crippen molar-refractivity contribution in [1.29, 1.82) is 0 Å². The molecule has 0 saturated carbocycles. The maximum atomic E-state index is 14.5. The predicted octanol–water partition coefficient (Wildman–Crippen LogP) is 5.47. The minimum absolute atomic E-state index is 0.0849. The van der Waals surface area contributed by atoms with Gasteiger partial charge in [0.15, 0.2) is 0 Å². The summed E-state index contributed by atoms with van der Waals surface area (Å²) in [7, 11) is 1.67. The third-order valence-corrected chi connectivity index (χ3v) is 8.93.